The Morgan fingerprint density at radius 2 is 2.00 bits per heavy atom. The topological polar surface area (TPSA) is 12.9 Å². The van der Waals surface area contributed by atoms with Gasteiger partial charge in [-0.05, 0) is 0 Å². The van der Waals surface area contributed by atoms with Crippen molar-refractivity contribution >= 4 is 54.3 Å². The zero-order valence-electron chi connectivity index (χ0n) is 8.50. The standard InChI is InChI=1S/C11H12NS.Tl/c1-6-9-12-10(7(2)3)11(13-9)8(4)5;/h1,6H,2,4H2,3,5H3;. The van der Waals surface area contributed by atoms with Crippen LogP contribution in [0.15, 0.2) is 16.8 Å². The maximum absolute atomic E-state index is 4.52. The van der Waals surface area contributed by atoms with Crippen LogP contribution in [0.4, 0.5) is 0 Å². The number of allylic oxidation sites excluding steroid dienone is 2. The van der Waals surface area contributed by atoms with Gasteiger partial charge in [0, 0.05) is 0 Å². The molecule has 1 aromatic heterocycles. The summed E-state index contributed by atoms with van der Waals surface area (Å²) in [5, 5.41) is 1.06. The minimum atomic E-state index is 0.880. The Balaban J connectivity index is 3.25. The Kier molecular flexibility index (Phi) is 4.25. The van der Waals surface area contributed by atoms with E-state index in [9.17, 15) is 0 Å². The summed E-state index contributed by atoms with van der Waals surface area (Å²) in [6, 6.07) is 0. The van der Waals surface area contributed by atoms with Crippen LogP contribution in [0, 0.1) is 0 Å². The minimum absolute atomic E-state index is 0.880. The summed E-state index contributed by atoms with van der Waals surface area (Å²) in [4.78, 5) is 5.68. The number of hydrogen-bond donors (Lipinski definition) is 0. The number of rotatable bonds is 3. The number of thiazole rings is 1. The average molecular weight is 395 g/mol. The van der Waals surface area contributed by atoms with Crippen LogP contribution in [0.1, 0.15) is 29.4 Å². The molecule has 0 N–H and O–H groups in total. The van der Waals surface area contributed by atoms with Crippen LogP contribution in [0.3, 0.4) is 0 Å². The fourth-order valence-electron chi connectivity index (χ4n) is 1.07. The molecule has 0 saturated carbocycles. The molecule has 1 rings (SSSR count). The average Bonchev–Trinajstić information content (AvgIpc) is 2.49. The van der Waals surface area contributed by atoms with Gasteiger partial charge in [0.15, 0.2) is 0 Å². The van der Waals surface area contributed by atoms with Crippen molar-refractivity contribution in [3.8, 4) is 0 Å². The van der Waals surface area contributed by atoms with Gasteiger partial charge in [0.05, 0.1) is 0 Å². The van der Waals surface area contributed by atoms with Gasteiger partial charge in [-0.2, -0.15) is 0 Å². The van der Waals surface area contributed by atoms with E-state index in [1.54, 1.807) is 11.3 Å². The molecule has 0 atom stereocenters. The zero-order valence-corrected chi connectivity index (χ0v) is 13.8. The Morgan fingerprint density at radius 3 is 2.36 bits per heavy atom. The van der Waals surface area contributed by atoms with Crippen molar-refractivity contribution in [2.45, 2.75) is 13.8 Å². The molecular weight excluding hydrogens is 383 g/mol. The van der Waals surface area contributed by atoms with Gasteiger partial charge in [-0.3, -0.25) is 0 Å². The molecule has 70 valence electrons. The first-order chi connectivity index (χ1) is 6.56. The monoisotopic (exact) mass is 395 g/mol. The third kappa shape index (κ3) is 2.63. The van der Waals surface area contributed by atoms with E-state index in [0.717, 1.165) is 52.5 Å². The zero-order chi connectivity index (χ0) is 10.7. The van der Waals surface area contributed by atoms with Gasteiger partial charge in [0.1, 0.15) is 0 Å². The van der Waals surface area contributed by atoms with Crippen molar-refractivity contribution in [3.63, 3.8) is 0 Å². The second-order valence-electron chi connectivity index (χ2n) is 3.15. The van der Waals surface area contributed by atoms with E-state index < -0.39 is 0 Å². The third-order valence-electron chi connectivity index (χ3n) is 1.67. The Bertz CT molecular complexity index is 370. The summed E-state index contributed by atoms with van der Waals surface area (Å²) in [7, 11) is 0. The molecule has 3 heteroatoms. The predicted octanol–water partition coefficient (Wildman–Crippen LogP) is 3.35. The fraction of sp³-hybridized carbons (Fsp3) is 0.182. The molecule has 0 fully saturated rings. The van der Waals surface area contributed by atoms with Gasteiger partial charge in [0.2, 0.25) is 0 Å². The fourth-order valence-corrected chi connectivity index (χ4v) is 3.30. The Hall–Kier alpha value is -0.228. The second kappa shape index (κ2) is 5.02. The van der Waals surface area contributed by atoms with Crippen LogP contribution in [0.25, 0.3) is 17.2 Å². The summed E-state index contributed by atoms with van der Waals surface area (Å²) < 4.78 is 2.16. The first-order valence-electron chi connectivity index (χ1n) is 4.27. The molecule has 0 saturated heterocycles. The summed E-state index contributed by atoms with van der Waals surface area (Å²) in [6.07, 6.45) is 2.08. The molecule has 0 aliphatic heterocycles. The quantitative estimate of drug-likeness (QED) is 0.717. The van der Waals surface area contributed by atoms with Gasteiger partial charge >= 0.3 is 106 Å². The summed E-state index contributed by atoms with van der Waals surface area (Å²) >= 11 is 2.57. The normalized spacial score (nSPS) is 10.6. The van der Waals surface area contributed by atoms with Crippen LogP contribution in [-0.2, 0) is 0 Å². The maximum atomic E-state index is 4.52. The molecule has 0 aromatic carbocycles. The predicted molar refractivity (Wildman–Crippen MR) is 66.3 cm³/mol. The summed E-state index contributed by atoms with van der Waals surface area (Å²) in [5.74, 6) is 0. The van der Waals surface area contributed by atoms with E-state index in [4.69, 9.17) is 0 Å². The SMILES string of the molecule is C=C(C)c1nc(/C=[CH]/[Tl])sc1C(=C)C. The molecular formula is C11H12NSTl. The van der Waals surface area contributed by atoms with E-state index in [1.165, 1.54) is 0 Å². The van der Waals surface area contributed by atoms with E-state index >= 15 is 0 Å². The van der Waals surface area contributed by atoms with E-state index in [0.29, 0.717) is 0 Å². The van der Waals surface area contributed by atoms with Gasteiger partial charge in [-0.15, -0.1) is 0 Å². The van der Waals surface area contributed by atoms with Crippen molar-refractivity contribution in [1.82, 2.24) is 4.98 Å². The number of nitrogens with zero attached hydrogens (tertiary/aromatic N) is 1. The van der Waals surface area contributed by atoms with E-state index in [2.05, 4.69) is 27.9 Å². The summed E-state index contributed by atoms with van der Waals surface area (Å²) in [5.41, 5.74) is 3.08. The van der Waals surface area contributed by atoms with Crippen LogP contribution < -0.4 is 0 Å². The molecule has 0 spiro atoms. The molecule has 0 bridgehead atoms. The Labute approximate surface area is 105 Å². The molecule has 0 aliphatic carbocycles. The van der Waals surface area contributed by atoms with Crippen molar-refractivity contribution in [2.75, 3.05) is 0 Å². The molecule has 1 nitrogen and oxygen atoms in total. The van der Waals surface area contributed by atoms with Crippen molar-refractivity contribution in [1.29, 1.82) is 0 Å². The third-order valence-corrected chi connectivity index (χ3v) is 3.60. The van der Waals surface area contributed by atoms with Crippen LogP contribution in [-0.4, -0.2) is 30.8 Å². The first-order valence-corrected chi connectivity index (χ1v) is 7.68. The molecule has 14 heavy (non-hydrogen) atoms. The Morgan fingerprint density at radius 1 is 1.36 bits per heavy atom. The van der Waals surface area contributed by atoms with Gasteiger partial charge in [-0.25, -0.2) is 0 Å². The van der Waals surface area contributed by atoms with Crippen LogP contribution in [0.5, 0.6) is 0 Å². The summed E-state index contributed by atoms with van der Waals surface area (Å²) in [6.45, 7) is 11.9. The molecule has 1 aromatic rings. The van der Waals surface area contributed by atoms with Crippen LogP contribution in [0.2, 0.25) is 0 Å². The first kappa shape index (κ1) is 11.8. The van der Waals surface area contributed by atoms with E-state index in [1.807, 2.05) is 13.8 Å². The molecule has 0 aliphatic rings. The van der Waals surface area contributed by atoms with Gasteiger partial charge in [-0.1, -0.05) is 0 Å². The number of aromatic nitrogens is 1. The molecule has 0 amide bonds. The molecule has 0 unspecified atom stereocenters. The van der Waals surface area contributed by atoms with Gasteiger partial charge < -0.3 is 0 Å². The molecule has 0 radical (unpaired) electrons. The second-order valence-corrected chi connectivity index (χ2v) is 5.68. The van der Waals surface area contributed by atoms with E-state index in [-0.39, 0.29) is 0 Å². The van der Waals surface area contributed by atoms with Crippen LogP contribution >= 0.6 is 11.3 Å². The number of hydrogen-bond acceptors (Lipinski definition) is 2. The van der Waals surface area contributed by atoms with Crippen molar-refractivity contribution < 1.29 is 0 Å². The van der Waals surface area contributed by atoms with Gasteiger partial charge in [0.25, 0.3) is 0 Å². The van der Waals surface area contributed by atoms with Crippen molar-refractivity contribution in [3.05, 3.63) is 32.4 Å². The van der Waals surface area contributed by atoms with Crippen molar-refractivity contribution in [2.24, 2.45) is 0 Å². The molecule has 1 heterocycles.